The molecule has 3 nitrogen and oxygen atoms in total. The van der Waals surface area contributed by atoms with Crippen LogP contribution in [0, 0.1) is 5.82 Å². The molecule has 3 rings (SSSR count). The van der Waals surface area contributed by atoms with Crippen LogP contribution >= 0.6 is 12.4 Å². The van der Waals surface area contributed by atoms with Crippen molar-refractivity contribution in [3.05, 3.63) is 41.8 Å². The second kappa shape index (κ2) is 6.48. The van der Waals surface area contributed by atoms with Gasteiger partial charge >= 0.3 is 0 Å². The first-order chi connectivity index (χ1) is 9.24. The van der Waals surface area contributed by atoms with Crippen LogP contribution in [0.5, 0.6) is 0 Å². The second-order valence-electron chi connectivity index (χ2n) is 5.20. The topological polar surface area (TPSA) is 28.2 Å². The molecule has 0 spiro atoms. The fraction of sp³-hybridized carbons (Fsp3) is 0.400. The SMILES string of the molecule is C[C@H]1CN(Cc2ccc(F)c3cccnc23)CCN1.Cl. The number of aromatic nitrogens is 1. The van der Waals surface area contributed by atoms with Crippen molar-refractivity contribution >= 4 is 23.3 Å². The third-order valence-corrected chi connectivity index (χ3v) is 3.65. The summed E-state index contributed by atoms with van der Waals surface area (Å²) >= 11 is 0. The van der Waals surface area contributed by atoms with Gasteiger partial charge in [-0.1, -0.05) is 6.07 Å². The minimum Gasteiger partial charge on any atom is -0.312 e. The van der Waals surface area contributed by atoms with E-state index in [0.29, 0.717) is 11.4 Å². The number of rotatable bonds is 2. The summed E-state index contributed by atoms with van der Waals surface area (Å²) in [5, 5.41) is 4.04. The van der Waals surface area contributed by atoms with Crippen LogP contribution in [0.25, 0.3) is 10.9 Å². The zero-order chi connectivity index (χ0) is 13.2. The summed E-state index contributed by atoms with van der Waals surface area (Å²) in [6.45, 7) is 6.07. The molecule has 0 aliphatic carbocycles. The molecule has 0 bridgehead atoms. The molecule has 1 fully saturated rings. The minimum atomic E-state index is -0.194. The van der Waals surface area contributed by atoms with Crippen molar-refractivity contribution in [2.24, 2.45) is 0 Å². The van der Waals surface area contributed by atoms with Crippen LogP contribution in [-0.4, -0.2) is 35.6 Å². The summed E-state index contributed by atoms with van der Waals surface area (Å²) in [5.41, 5.74) is 1.89. The Morgan fingerprint density at radius 3 is 3.05 bits per heavy atom. The molecule has 108 valence electrons. The van der Waals surface area contributed by atoms with Crippen LogP contribution in [0.4, 0.5) is 4.39 Å². The summed E-state index contributed by atoms with van der Waals surface area (Å²) in [5.74, 6) is -0.194. The lowest BCUT2D eigenvalue weighted by atomic mass is 10.1. The molecule has 1 aliphatic rings. The van der Waals surface area contributed by atoms with Gasteiger partial charge in [-0.15, -0.1) is 12.4 Å². The van der Waals surface area contributed by atoms with Crippen LogP contribution in [0.15, 0.2) is 30.5 Å². The molecular formula is C15H19ClFN3. The van der Waals surface area contributed by atoms with E-state index in [0.717, 1.165) is 37.3 Å². The van der Waals surface area contributed by atoms with Gasteiger partial charge in [-0.05, 0) is 30.7 Å². The number of fused-ring (bicyclic) bond motifs is 1. The quantitative estimate of drug-likeness (QED) is 0.923. The van der Waals surface area contributed by atoms with Gasteiger partial charge < -0.3 is 5.32 Å². The average Bonchev–Trinajstić information content (AvgIpc) is 2.42. The molecular weight excluding hydrogens is 277 g/mol. The molecule has 2 heterocycles. The summed E-state index contributed by atoms with van der Waals surface area (Å²) in [7, 11) is 0. The summed E-state index contributed by atoms with van der Waals surface area (Å²) < 4.78 is 13.7. The van der Waals surface area contributed by atoms with E-state index in [1.54, 1.807) is 24.4 Å². The first kappa shape index (κ1) is 15.2. The first-order valence-electron chi connectivity index (χ1n) is 6.72. The normalized spacial score (nSPS) is 19.8. The number of nitrogens with zero attached hydrogens (tertiary/aromatic N) is 2. The Kier molecular flexibility index (Phi) is 4.91. The molecule has 1 aromatic heterocycles. The summed E-state index contributed by atoms with van der Waals surface area (Å²) in [6, 6.07) is 7.49. The zero-order valence-electron chi connectivity index (χ0n) is 11.5. The van der Waals surface area contributed by atoms with E-state index in [9.17, 15) is 4.39 Å². The van der Waals surface area contributed by atoms with Gasteiger partial charge in [-0.25, -0.2) is 4.39 Å². The highest BCUT2D eigenvalue weighted by Gasteiger charge is 2.17. The summed E-state index contributed by atoms with van der Waals surface area (Å²) in [4.78, 5) is 6.74. The van der Waals surface area contributed by atoms with E-state index >= 15 is 0 Å². The largest absolute Gasteiger partial charge is 0.312 e. The molecule has 0 amide bonds. The van der Waals surface area contributed by atoms with Crippen molar-refractivity contribution in [1.82, 2.24) is 15.2 Å². The Balaban J connectivity index is 0.00000147. The van der Waals surface area contributed by atoms with E-state index in [1.165, 1.54) is 0 Å². The van der Waals surface area contributed by atoms with Gasteiger partial charge in [0.05, 0.1) is 5.52 Å². The van der Waals surface area contributed by atoms with Gasteiger partial charge in [0, 0.05) is 43.8 Å². The Bertz CT molecular complexity index is 590. The smallest absolute Gasteiger partial charge is 0.132 e. The summed E-state index contributed by atoms with van der Waals surface area (Å²) in [6.07, 6.45) is 1.73. The lowest BCUT2D eigenvalue weighted by molar-refractivity contribution is 0.200. The second-order valence-corrected chi connectivity index (χ2v) is 5.20. The number of piperazine rings is 1. The highest BCUT2D eigenvalue weighted by atomic mass is 35.5. The number of halogens is 2. The Hall–Kier alpha value is -1.23. The van der Waals surface area contributed by atoms with Gasteiger partial charge in [0.1, 0.15) is 5.82 Å². The number of nitrogens with one attached hydrogen (secondary N) is 1. The van der Waals surface area contributed by atoms with Gasteiger partial charge in [0.15, 0.2) is 0 Å². The van der Waals surface area contributed by atoms with Crippen LogP contribution in [0.2, 0.25) is 0 Å². The molecule has 1 atom stereocenters. The van der Waals surface area contributed by atoms with Crippen molar-refractivity contribution < 1.29 is 4.39 Å². The minimum absolute atomic E-state index is 0. The number of hydrogen-bond acceptors (Lipinski definition) is 3. The maximum Gasteiger partial charge on any atom is 0.132 e. The fourth-order valence-corrected chi connectivity index (χ4v) is 2.72. The lowest BCUT2D eigenvalue weighted by Crippen LogP contribution is -2.48. The van der Waals surface area contributed by atoms with E-state index in [4.69, 9.17) is 0 Å². The Labute approximate surface area is 124 Å². The van der Waals surface area contributed by atoms with Crippen LogP contribution in [0.3, 0.4) is 0 Å². The molecule has 0 radical (unpaired) electrons. The number of pyridine rings is 1. The van der Waals surface area contributed by atoms with Crippen molar-refractivity contribution in [2.45, 2.75) is 19.5 Å². The molecule has 1 saturated heterocycles. The van der Waals surface area contributed by atoms with Crippen LogP contribution in [0.1, 0.15) is 12.5 Å². The fourth-order valence-electron chi connectivity index (χ4n) is 2.72. The molecule has 1 aliphatic heterocycles. The van der Waals surface area contributed by atoms with Crippen molar-refractivity contribution in [2.75, 3.05) is 19.6 Å². The van der Waals surface area contributed by atoms with Crippen LogP contribution in [-0.2, 0) is 6.54 Å². The predicted octanol–water partition coefficient (Wildman–Crippen LogP) is 2.59. The maximum absolute atomic E-state index is 13.7. The number of hydrogen-bond donors (Lipinski definition) is 1. The zero-order valence-corrected chi connectivity index (χ0v) is 12.3. The van der Waals surface area contributed by atoms with Gasteiger partial charge in [0.2, 0.25) is 0 Å². The van der Waals surface area contributed by atoms with Crippen molar-refractivity contribution in [3.8, 4) is 0 Å². The van der Waals surface area contributed by atoms with Crippen molar-refractivity contribution in [1.29, 1.82) is 0 Å². The maximum atomic E-state index is 13.7. The molecule has 0 saturated carbocycles. The van der Waals surface area contributed by atoms with E-state index in [-0.39, 0.29) is 18.2 Å². The Morgan fingerprint density at radius 2 is 2.25 bits per heavy atom. The molecule has 1 aromatic carbocycles. The average molecular weight is 296 g/mol. The van der Waals surface area contributed by atoms with Crippen molar-refractivity contribution in [3.63, 3.8) is 0 Å². The van der Waals surface area contributed by atoms with Gasteiger partial charge in [0.25, 0.3) is 0 Å². The highest BCUT2D eigenvalue weighted by Crippen LogP contribution is 2.21. The third-order valence-electron chi connectivity index (χ3n) is 3.65. The molecule has 20 heavy (non-hydrogen) atoms. The predicted molar refractivity (Wildman–Crippen MR) is 81.7 cm³/mol. The molecule has 2 aromatic rings. The molecule has 5 heteroatoms. The monoisotopic (exact) mass is 295 g/mol. The van der Waals surface area contributed by atoms with E-state index < -0.39 is 0 Å². The van der Waals surface area contributed by atoms with E-state index in [1.807, 2.05) is 6.07 Å². The van der Waals surface area contributed by atoms with Crippen LogP contribution < -0.4 is 5.32 Å². The van der Waals surface area contributed by atoms with Gasteiger partial charge in [-0.3, -0.25) is 9.88 Å². The molecule has 0 unspecified atom stereocenters. The number of benzene rings is 1. The third kappa shape index (κ3) is 3.08. The van der Waals surface area contributed by atoms with Gasteiger partial charge in [-0.2, -0.15) is 0 Å². The van der Waals surface area contributed by atoms with E-state index in [2.05, 4.69) is 22.1 Å². The lowest BCUT2D eigenvalue weighted by Gasteiger charge is -2.31. The standard InChI is InChI=1S/C15H18FN3.ClH/c1-11-9-19(8-7-17-11)10-12-4-5-14(16)13-3-2-6-18-15(12)13;/h2-6,11,17H,7-10H2,1H3;1H/t11-;/m0./s1. The Morgan fingerprint density at radius 1 is 1.40 bits per heavy atom. The molecule has 1 N–H and O–H groups in total. The first-order valence-corrected chi connectivity index (χ1v) is 6.72. The highest BCUT2D eigenvalue weighted by molar-refractivity contribution is 5.85.